The number of amides is 1. The Bertz CT molecular complexity index is 1050. The zero-order chi connectivity index (χ0) is 32.1. The van der Waals surface area contributed by atoms with Crippen LogP contribution < -0.4 is 0 Å². The van der Waals surface area contributed by atoms with Gasteiger partial charge in [-0.25, -0.2) is 0 Å². The smallest absolute Gasteiger partial charge is 0.333 e. The molecule has 11 nitrogen and oxygen atoms in total. The van der Waals surface area contributed by atoms with E-state index in [1.54, 1.807) is 34.8 Å². The van der Waals surface area contributed by atoms with E-state index < -0.39 is 35.3 Å². The molecule has 3 aliphatic heterocycles. The van der Waals surface area contributed by atoms with E-state index in [2.05, 4.69) is 21.7 Å². The first kappa shape index (κ1) is 35.3. The first-order valence-electron chi connectivity index (χ1n) is 15.6. The zero-order valence-electron chi connectivity index (χ0n) is 27.6. The molecular formula is C32H54N3O8+. The first-order valence-corrected chi connectivity index (χ1v) is 15.6. The highest BCUT2D eigenvalue weighted by Crippen LogP contribution is 2.33. The monoisotopic (exact) mass is 608 g/mol. The van der Waals surface area contributed by atoms with Gasteiger partial charge in [0.1, 0.15) is 17.6 Å². The minimum Gasteiger partial charge on any atom is -0.507 e. The van der Waals surface area contributed by atoms with Crippen molar-refractivity contribution in [2.45, 2.75) is 103 Å². The third-order valence-corrected chi connectivity index (χ3v) is 9.63. The Balaban J connectivity index is 1.87. The number of likely N-dealkylation sites (tertiary alicyclic amines) is 1. The van der Waals surface area contributed by atoms with Crippen LogP contribution in [0.3, 0.4) is 0 Å². The maximum Gasteiger partial charge on any atom is 0.333 e. The number of ketones is 1. The number of aliphatic hydroxyl groups is 3. The van der Waals surface area contributed by atoms with Crippen LogP contribution in [-0.2, 0) is 28.6 Å². The van der Waals surface area contributed by atoms with E-state index in [-0.39, 0.29) is 48.8 Å². The molecule has 0 aromatic heterocycles. The number of esters is 1. The molecule has 8 atom stereocenters. The second-order valence-electron chi connectivity index (χ2n) is 13.5. The van der Waals surface area contributed by atoms with Crippen LogP contribution in [0, 0.1) is 29.3 Å². The number of ether oxygens (including phenoxy) is 4. The van der Waals surface area contributed by atoms with Crippen LogP contribution in [-0.4, -0.2) is 133 Å². The second kappa shape index (κ2) is 14.7. The topological polar surface area (TPSA) is 122 Å². The minimum atomic E-state index is -1.35. The van der Waals surface area contributed by atoms with Crippen molar-refractivity contribution in [3.05, 3.63) is 0 Å². The summed E-state index contributed by atoms with van der Waals surface area (Å²) in [5.74, 6) is 2.04. The molecular weight excluding hydrogens is 554 g/mol. The summed E-state index contributed by atoms with van der Waals surface area (Å²) in [4.78, 5) is 45.0. The van der Waals surface area contributed by atoms with Gasteiger partial charge in [-0.2, -0.15) is 0 Å². The average Bonchev–Trinajstić information content (AvgIpc) is 3.43. The van der Waals surface area contributed by atoms with Crippen molar-refractivity contribution in [2.24, 2.45) is 17.3 Å². The Labute approximate surface area is 257 Å². The van der Waals surface area contributed by atoms with Crippen LogP contribution >= 0.6 is 0 Å². The Kier molecular flexibility index (Phi) is 12.1. The molecule has 0 saturated carbocycles. The third kappa shape index (κ3) is 8.49. The molecule has 11 heteroatoms. The van der Waals surface area contributed by atoms with E-state index in [1.165, 1.54) is 0 Å². The van der Waals surface area contributed by atoms with Gasteiger partial charge in [0.25, 0.3) is 0 Å². The van der Waals surface area contributed by atoms with Crippen LogP contribution in [0.1, 0.15) is 66.7 Å². The number of hydrogen-bond donors (Lipinski definition) is 1. The average molecular weight is 609 g/mol. The van der Waals surface area contributed by atoms with E-state index in [0.717, 1.165) is 6.42 Å². The number of carbonyl (C=O) groups excluding carboxylic acids is 3. The number of likely N-dealkylation sites (N-methyl/N-ethyl adjacent to an activating group) is 2. The van der Waals surface area contributed by atoms with Crippen LogP contribution in [0.4, 0.5) is 0 Å². The predicted molar refractivity (Wildman–Crippen MR) is 162 cm³/mol. The normalized spacial score (nSPS) is 36.5. The summed E-state index contributed by atoms with van der Waals surface area (Å²) >= 11 is 0. The van der Waals surface area contributed by atoms with Crippen molar-refractivity contribution in [1.29, 1.82) is 0 Å². The lowest BCUT2D eigenvalue weighted by atomic mass is 9.76. The lowest BCUT2D eigenvalue weighted by Gasteiger charge is -2.37. The molecule has 43 heavy (non-hydrogen) atoms. The molecule has 3 fully saturated rings. The lowest BCUT2D eigenvalue weighted by molar-refractivity contribution is -0.279. The molecule has 3 aliphatic rings. The lowest BCUT2D eigenvalue weighted by Crippen LogP contribution is -2.54. The van der Waals surface area contributed by atoms with Gasteiger partial charge < -0.3 is 29.1 Å². The molecule has 0 radical (unpaired) electrons. The fourth-order valence-electron chi connectivity index (χ4n) is 6.75. The van der Waals surface area contributed by atoms with Crippen molar-refractivity contribution in [3.63, 3.8) is 0 Å². The molecule has 3 rings (SSSR count). The number of nitrogens with zero attached hydrogens (tertiary/aromatic N) is 3. The Hall–Kier alpha value is -2.23. The molecule has 0 unspecified atom stereocenters. The fourth-order valence-corrected chi connectivity index (χ4v) is 6.75. The maximum atomic E-state index is 13.7. The highest BCUT2D eigenvalue weighted by molar-refractivity contribution is 6.03. The molecule has 3 heterocycles. The predicted octanol–water partition coefficient (Wildman–Crippen LogP) is 1.41. The molecule has 2 N–H and O–H groups in total. The quantitative estimate of drug-likeness (QED) is 0.219. The summed E-state index contributed by atoms with van der Waals surface area (Å²) in [5.41, 5.74) is -2.36. The number of Topliss-reactive ketones (excluding diaryl/α,β-unsaturated/α-hetero) is 1. The van der Waals surface area contributed by atoms with Crippen LogP contribution in [0.25, 0.3) is 0 Å². The van der Waals surface area contributed by atoms with Gasteiger partial charge in [-0.05, 0) is 86.5 Å². The van der Waals surface area contributed by atoms with E-state index in [4.69, 9.17) is 14.2 Å². The molecule has 3 saturated heterocycles. The van der Waals surface area contributed by atoms with Crippen molar-refractivity contribution in [3.8, 4) is 12.0 Å². The molecule has 0 bridgehead atoms. The van der Waals surface area contributed by atoms with Crippen LogP contribution in [0.15, 0.2) is 0 Å². The number of carbonyl (C=O) groups is 3. The Morgan fingerprint density at radius 2 is 1.91 bits per heavy atom. The standard InChI is InChI=1S/C32H53N3O8/c1-21-18-32(40-9,13-16-41-29-27(37)25(33(6)7)17-22(2)43-29)12-10-14-34(8)26(24-11-15-35(19-24)23(3)36)20-42-30(39)31(4,5)28(21)38/h21-22,24-27,29,37H,10-12,14-15,17-20H2,1-9H3/p+1/t21-,22-,24+,25+,26-,27-,29-,32+/m1/s1. The van der Waals surface area contributed by atoms with Crippen LogP contribution in [0.2, 0.25) is 0 Å². The summed E-state index contributed by atoms with van der Waals surface area (Å²) in [5, 5.41) is 10.9. The number of rotatable bonds is 4. The molecule has 0 spiro atoms. The van der Waals surface area contributed by atoms with Gasteiger partial charge in [0.2, 0.25) is 5.91 Å². The van der Waals surface area contributed by atoms with Crippen LogP contribution in [0.5, 0.6) is 0 Å². The van der Waals surface area contributed by atoms with E-state index in [9.17, 15) is 19.5 Å². The van der Waals surface area contributed by atoms with E-state index in [0.29, 0.717) is 38.9 Å². The van der Waals surface area contributed by atoms with Gasteiger partial charge in [0.05, 0.1) is 6.10 Å². The molecule has 0 aliphatic carbocycles. The largest absolute Gasteiger partial charge is 0.507 e. The highest BCUT2D eigenvalue weighted by Gasteiger charge is 2.45. The zero-order valence-corrected chi connectivity index (χ0v) is 27.6. The SMILES string of the molecule is CO[C@]1(C#C[OH+][C@@H]2O[C@H](C)C[C@H](N(C)C)[C@H]2O)CCCN(C)[C@@H]([C@H]2CCN(C(C)=O)C2)COC(=O)C(C)(C)C(=O)[C@H](C)C1. The minimum absolute atomic E-state index is 0.0409. The fraction of sp³-hybridized carbons (Fsp3) is 0.844. The maximum absolute atomic E-state index is 13.7. The first-order chi connectivity index (χ1) is 20.1. The van der Waals surface area contributed by atoms with Gasteiger partial charge in [-0.15, -0.1) is 0 Å². The van der Waals surface area contributed by atoms with Gasteiger partial charge in [0.15, 0.2) is 11.9 Å². The summed E-state index contributed by atoms with van der Waals surface area (Å²) in [6.45, 7) is 10.7. The summed E-state index contributed by atoms with van der Waals surface area (Å²) in [6, 6.07) is -0.210. The summed E-state index contributed by atoms with van der Waals surface area (Å²) in [6.07, 6.45) is 4.21. The molecule has 1 amide bonds. The second-order valence-corrected chi connectivity index (χ2v) is 13.5. The number of cyclic esters (lactones) is 1. The highest BCUT2D eigenvalue weighted by atomic mass is 16.7. The van der Waals surface area contributed by atoms with Crippen molar-refractivity contribution >= 4 is 17.7 Å². The number of methoxy groups -OCH3 is 1. The Morgan fingerprint density at radius 1 is 1.21 bits per heavy atom. The van der Waals surface area contributed by atoms with Crippen molar-refractivity contribution < 1.29 is 38.4 Å². The molecule has 0 aromatic rings. The van der Waals surface area contributed by atoms with Gasteiger partial charge in [-0.3, -0.25) is 24.0 Å². The van der Waals surface area contributed by atoms with E-state index >= 15 is 0 Å². The number of hydrogen-bond acceptors (Lipinski definition) is 9. The van der Waals surface area contributed by atoms with E-state index in [1.807, 2.05) is 37.9 Å². The summed E-state index contributed by atoms with van der Waals surface area (Å²) < 4.78 is 22.2. The van der Waals surface area contributed by atoms with Crippen molar-refractivity contribution in [2.75, 3.05) is 54.5 Å². The summed E-state index contributed by atoms with van der Waals surface area (Å²) in [7, 11) is 7.43. The van der Waals surface area contributed by atoms with Gasteiger partial charge in [-0.1, -0.05) is 6.92 Å². The molecule has 244 valence electrons. The van der Waals surface area contributed by atoms with Gasteiger partial charge in [0, 0.05) is 51.0 Å². The number of aliphatic hydroxyl groups excluding tert-OH is 1. The van der Waals surface area contributed by atoms with Crippen molar-refractivity contribution in [1.82, 2.24) is 14.7 Å². The van der Waals surface area contributed by atoms with Gasteiger partial charge >= 0.3 is 18.4 Å². The third-order valence-electron chi connectivity index (χ3n) is 9.63. The molecule has 0 aromatic carbocycles. The Morgan fingerprint density at radius 3 is 2.51 bits per heavy atom.